The molecular formula is C16H19N5O2S2. The summed E-state index contributed by atoms with van der Waals surface area (Å²) in [6, 6.07) is 6.20. The Hall–Kier alpha value is -1.68. The molecule has 1 atom stereocenters. The Kier molecular flexibility index (Phi) is 5.16. The van der Waals surface area contributed by atoms with E-state index in [4.69, 9.17) is 9.05 Å². The first-order chi connectivity index (χ1) is 12.3. The molecule has 25 heavy (non-hydrogen) atoms. The molecule has 0 aromatic carbocycles. The van der Waals surface area contributed by atoms with E-state index in [0.29, 0.717) is 11.6 Å². The number of hydrogen-bond donors (Lipinski definition) is 1. The zero-order valence-corrected chi connectivity index (χ0v) is 15.5. The van der Waals surface area contributed by atoms with E-state index in [1.54, 1.807) is 23.1 Å². The fourth-order valence-corrected chi connectivity index (χ4v) is 4.13. The normalized spacial score (nSPS) is 18.7. The minimum absolute atomic E-state index is 0.181. The summed E-state index contributed by atoms with van der Waals surface area (Å²) in [6.45, 7) is 2.84. The van der Waals surface area contributed by atoms with Gasteiger partial charge in [0.2, 0.25) is 5.89 Å². The van der Waals surface area contributed by atoms with Gasteiger partial charge < -0.3 is 14.4 Å². The minimum atomic E-state index is 0.181. The van der Waals surface area contributed by atoms with E-state index in [0.717, 1.165) is 47.5 Å². The summed E-state index contributed by atoms with van der Waals surface area (Å²) in [6.07, 6.45) is 0. The van der Waals surface area contributed by atoms with Crippen LogP contribution in [0.2, 0.25) is 0 Å². The second kappa shape index (κ2) is 7.69. The standard InChI is InChI=1S/C16H19N5O2S2/c1-21-5-4-17-8-12(21)16-18-15(23-20-16)10-24-9-11-7-13(22-19-11)14-3-2-6-25-14/h2-3,6-7,12,17H,4-5,8-10H2,1H3. The number of hydrogen-bond acceptors (Lipinski definition) is 9. The third kappa shape index (κ3) is 3.95. The van der Waals surface area contributed by atoms with Crippen molar-refractivity contribution >= 4 is 23.1 Å². The Morgan fingerprint density at radius 2 is 2.32 bits per heavy atom. The van der Waals surface area contributed by atoms with Crippen LogP contribution in [0, 0.1) is 0 Å². The van der Waals surface area contributed by atoms with Crippen LogP contribution in [0.3, 0.4) is 0 Å². The molecule has 7 nitrogen and oxygen atoms in total. The Morgan fingerprint density at radius 1 is 1.36 bits per heavy atom. The molecule has 1 fully saturated rings. The SMILES string of the molecule is CN1CCNCC1c1noc(CSCc2cc(-c3cccs3)on2)n1. The third-order valence-corrected chi connectivity index (χ3v) is 5.93. The van der Waals surface area contributed by atoms with Gasteiger partial charge in [-0.05, 0) is 18.5 Å². The van der Waals surface area contributed by atoms with Crippen molar-refractivity contribution in [3.8, 4) is 10.6 Å². The molecule has 0 amide bonds. The second-order valence-electron chi connectivity index (χ2n) is 5.90. The maximum Gasteiger partial charge on any atom is 0.236 e. The molecule has 0 spiro atoms. The Bertz CT molecular complexity index is 801. The van der Waals surface area contributed by atoms with Crippen LogP contribution in [-0.2, 0) is 11.5 Å². The number of piperazine rings is 1. The minimum Gasteiger partial charge on any atom is -0.355 e. The number of nitrogens with zero attached hydrogens (tertiary/aromatic N) is 4. The molecule has 1 aliphatic rings. The summed E-state index contributed by atoms with van der Waals surface area (Å²) >= 11 is 3.33. The van der Waals surface area contributed by atoms with Gasteiger partial charge >= 0.3 is 0 Å². The fraction of sp³-hybridized carbons (Fsp3) is 0.438. The van der Waals surface area contributed by atoms with E-state index in [-0.39, 0.29) is 6.04 Å². The molecule has 0 radical (unpaired) electrons. The number of thioether (sulfide) groups is 1. The largest absolute Gasteiger partial charge is 0.355 e. The van der Waals surface area contributed by atoms with Crippen molar-refractivity contribution < 1.29 is 9.05 Å². The number of thiophene rings is 1. The summed E-state index contributed by atoms with van der Waals surface area (Å²) in [5, 5.41) is 13.7. The number of rotatable bonds is 6. The predicted molar refractivity (Wildman–Crippen MR) is 97.4 cm³/mol. The summed E-state index contributed by atoms with van der Waals surface area (Å²) in [4.78, 5) is 7.88. The van der Waals surface area contributed by atoms with Gasteiger partial charge in [0.1, 0.15) is 0 Å². The molecular weight excluding hydrogens is 358 g/mol. The van der Waals surface area contributed by atoms with Crippen molar-refractivity contribution in [2.24, 2.45) is 0 Å². The lowest BCUT2D eigenvalue weighted by atomic mass is 10.2. The monoisotopic (exact) mass is 377 g/mol. The summed E-state index contributed by atoms with van der Waals surface area (Å²) < 4.78 is 10.8. The first-order valence-corrected chi connectivity index (χ1v) is 10.1. The highest BCUT2D eigenvalue weighted by atomic mass is 32.2. The van der Waals surface area contributed by atoms with Crippen LogP contribution >= 0.6 is 23.1 Å². The highest BCUT2D eigenvalue weighted by Crippen LogP contribution is 2.27. The molecule has 3 aromatic rings. The van der Waals surface area contributed by atoms with Gasteiger partial charge in [0.05, 0.1) is 22.4 Å². The van der Waals surface area contributed by atoms with Gasteiger partial charge in [0.15, 0.2) is 11.6 Å². The van der Waals surface area contributed by atoms with Crippen molar-refractivity contribution in [1.82, 2.24) is 25.5 Å². The van der Waals surface area contributed by atoms with Crippen LogP contribution in [0.5, 0.6) is 0 Å². The summed E-state index contributed by atoms with van der Waals surface area (Å²) in [5.41, 5.74) is 0.921. The molecule has 4 rings (SSSR count). The number of nitrogens with one attached hydrogen (secondary N) is 1. The van der Waals surface area contributed by atoms with E-state index in [1.807, 2.05) is 23.6 Å². The van der Waals surface area contributed by atoms with Gasteiger partial charge in [-0.2, -0.15) is 4.98 Å². The molecule has 9 heteroatoms. The Balaban J connectivity index is 1.30. The summed E-state index contributed by atoms with van der Waals surface area (Å²) in [5.74, 6) is 3.64. The maximum absolute atomic E-state index is 5.39. The van der Waals surface area contributed by atoms with E-state index < -0.39 is 0 Å². The number of likely N-dealkylation sites (N-methyl/N-ethyl adjacent to an activating group) is 1. The van der Waals surface area contributed by atoms with Crippen LogP contribution in [0.15, 0.2) is 32.6 Å². The van der Waals surface area contributed by atoms with Crippen molar-refractivity contribution in [1.29, 1.82) is 0 Å². The maximum atomic E-state index is 5.39. The van der Waals surface area contributed by atoms with E-state index >= 15 is 0 Å². The Labute approximate surface area is 153 Å². The average molecular weight is 377 g/mol. The molecule has 3 aromatic heterocycles. The van der Waals surface area contributed by atoms with Crippen LogP contribution in [-0.4, -0.2) is 46.9 Å². The van der Waals surface area contributed by atoms with Crippen molar-refractivity contribution in [2.75, 3.05) is 26.7 Å². The lowest BCUT2D eigenvalue weighted by molar-refractivity contribution is 0.190. The molecule has 132 valence electrons. The zero-order chi connectivity index (χ0) is 17.1. The predicted octanol–water partition coefficient (Wildman–Crippen LogP) is 2.80. The third-order valence-electron chi connectivity index (χ3n) is 4.09. The highest BCUT2D eigenvalue weighted by Gasteiger charge is 2.25. The molecule has 4 heterocycles. The summed E-state index contributed by atoms with van der Waals surface area (Å²) in [7, 11) is 2.09. The van der Waals surface area contributed by atoms with E-state index in [9.17, 15) is 0 Å². The molecule has 0 bridgehead atoms. The quantitative estimate of drug-likeness (QED) is 0.702. The first kappa shape index (κ1) is 16.8. The average Bonchev–Trinajstić information content (AvgIpc) is 3.37. The second-order valence-corrected chi connectivity index (χ2v) is 7.83. The van der Waals surface area contributed by atoms with Gasteiger partial charge in [0.25, 0.3) is 0 Å². The van der Waals surface area contributed by atoms with Crippen molar-refractivity contribution in [3.63, 3.8) is 0 Å². The van der Waals surface area contributed by atoms with E-state index in [2.05, 4.69) is 32.6 Å². The van der Waals surface area contributed by atoms with Crippen LogP contribution in [0.4, 0.5) is 0 Å². The van der Waals surface area contributed by atoms with Gasteiger partial charge in [-0.1, -0.05) is 16.4 Å². The zero-order valence-electron chi connectivity index (χ0n) is 13.8. The van der Waals surface area contributed by atoms with Gasteiger partial charge in [0, 0.05) is 31.5 Å². The van der Waals surface area contributed by atoms with Gasteiger partial charge in [-0.25, -0.2) is 0 Å². The molecule has 1 unspecified atom stereocenters. The van der Waals surface area contributed by atoms with Gasteiger partial charge in [-0.3, -0.25) is 4.90 Å². The van der Waals surface area contributed by atoms with Crippen LogP contribution in [0.1, 0.15) is 23.5 Å². The molecule has 0 saturated carbocycles. The first-order valence-electron chi connectivity index (χ1n) is 8.10. The Morgan fingerprint density at radius 3 is 3.16 bits per heavy atom. The van der Waals surface area contributed by atoms with Crippen molar-refractivity contribution in [3.05, 3.63) is 41.0 Å². The number of aromatic nitrogens is 3. The highest BCUT2D eigenvalue weighted by molar-refractivity contribution is 7.97. The van der Waals surface area contributed by atoms with Gasteiger partial charge in [-0.15, -0.1) is 23.1 Å². The topological polar surface area (TPSA) is 80.2 Å². The van der Waals surface area contributed by atoms with Crippen LogP contribution in [0.25, 0.3) is 10.6 Å². The molecule has 0 aliphatic carbocycles. The van der Waals surface area contributed by atoms with E-state index in [1.165, 1.54) is 0 Å². The molecule has 1 saturated heterocycles. The lowest BCUT2D eigenvalue weighted by Crippen LogP contribution is -2.44. The van der Waals surface area contributed by atoms with Crippen molar-refractivity contribution in [2.45, 2.75) is 17.5 Å². The van der Waals surface area contributed by atoms with Crippen LogP contribution < -0.4 is 5.32 Å². The molecule has 1 aliphatic heterocycles. The smallest absolute Gasteiger partial charge is 0.236 e. The molecule has 1 N–H and O–H groups in total. The lowest BCUT2D eigenvalue weighted by Gasteiger charge is -2.30. The fourth-order valence-electron chi connectivity index (χ4n) is 2.71.